The second-order valence-corrected chi connectivity index (χ2v) is 3.65. The average Bonchev–Trinajstić information content (AvgIpc) is 2.41. The van der Waals surface area contributed by atoms with Crippen LogP contribution >= 0.6 is 0 Å². The molecule has 0 bridgehead atoms. The van der Waals surface area contributed by atoms with Gasteiger partial charge in [0, 0.05) is 12.1 Å². The van der Waals surface area contributed by atoms with Gasteiger partial charge in [-0.3, -0.25) is 10.1 Å². The lowest BCUT2D eigenvalue weighted by Crippen LogP contribution is -1.91. The van der Waals surface area contributed by atoms with Gasteiger partial charge < -0.3 is 0 Å². The second kappa shape index (κ2) is 5.08. The summed E-state index contributed by atoms with van der Waals surface area (Å²) in [4.78, 5) is 21.1. The molecule has 0 fully saturated rings. The highest BCUT2D eigenvalue weighted by Crippen LogP contribution is 2.22. The van der Waals surface area contributed by atoms with Crippen LogP contribution in [-0.2, 0) is 4.79 Å². The number of nitro groups is 1. The number of nitro benzene ring substituents is 1. The van der Waals surface area contributed by atoms with E-state index in [1.54, 1.807) is 24.3 Å². The van der Waals surface area contributed by atoms with Crippen LogP contribution in [-0.4, -0.2) is 10.9 Å². The molecule has 0 saturated heterocycles. The molecule has 2 aromatic carbocycles. The van der Waals surface area contributed by atoms with Gasteiger partial charge in [0.15, 0.2) is 0 Å². The van der Waals surface area contributed by atoms with Gasteiger partial charge in [-0.1, -0.05) is 30.3 Å². The first-order valence-corrected chi connectivity index (χ1v) is 5.27. The van der Waals surface area contributed by atoms with Gasteiger partial charge in [0.25, 0.3) is 5.69 Å². The third kappa shape index (κ3) is 2.34. The van der Waals surface area contributed by atoms with Gasteiger partial charge >= 0.3 is 0 Å². The molecule has 0 atom stereocenters. The van der Waals surface area contributed by atoms with E-state index in [0.29, 0.717) is 11.1 Å². The van der Waals surface area contributed by atoms with Gasteiger partial charge in [-0.2, -0.15) is 0 Å². The molecule has 2 rings (SSSR count). The van der Waals surface area contributed by atoms with E-state index in [2.05, 4.69) is 0 Å². The summed E-state index contributed by atoms with van der Waals surface area (Å²) in [5, 5.41) is 10.5. The average molecular weight is 239 g/mol. The fraction of sp³-hybridized carbons (Fsp3) is 0. The maximum absolute atomic E-state index is 11.0. The molecular weight excluding hydrogens is 230 g/mol. The Morgan fingerprint density at radius 2 is 1.50 bits per heavy atom. The Bertz CT molecular complexity index is 611. The molecule has 4 heteroatoms. The summed E-state index contributed by atoms with van der Waals surface area (Å²) in [6.07, 6.45) is 0. The lowest BCUT2D eigenvalue weighted by Gasteiger charge is -2.03. The fourth-order valence-electron chi connectivity index (χ4n) is 1.64. The maximum Gasteiger partial charge on any atom is 0.269 e. The number of nitrogens with zero attached hydrogens (tertiary/aromatic N) is 1. The smallest absolute Gasteiger partial charge is 0.258 e. The first-order chi connectivity index (χ1) is 8.72. The second-order valence-electron chi connectivity index (χ2n) is 3.65. The monoisotopic (exact) mass is 239 g/mol. The van der Waals surface area contributed by atoms with Gasteiger partial charge in [0.05, 0.1) is 10.5 Å². The normalized spacial score (nSPS) is 9.56. The number of rotatable bonds is 3. The van der Waals surface area contributed by atoms with Gasteiger partial charge in [-0.25, -0.2) is 4.79 Å². The Kier molecular flexibility index (Phi) is 3.32. The van der Waals surface area contributed by atoms with E-state index in [9.17, 15) is 14.9 Å². The molecule has 0 amide bonds. The summed E-state index contributed by atoms with van der Waals surface area (Å²) >= 11 is 0. The molecule has 0 heterocycles. The highest BCUT2D eigenvalue weighted by molar-refractivity contribution is 5.96. The van der Waals surface area contributed by atoms with Gasteiger partial charge in [0.2, 0.25) is 0 Å². The number of hydrogen-bond donors (Lipinski definition) is 0. The van der Waals surface area contributed by atoms with Crippen LogP contribution in [0.25, 0.3) is 5.57 Å². The van der Waals surface area contributed by atoms with E-state index in [1.807, 2.05) is 24.1 Å². The van der Waals surface area contributed by atoms with Crippen LogP contribution in [0.2, 0.25) is 0 Å². The summed E-state index contributed by atoms with van der Waals surface area (Å²) in [6.45, 7) is 0. The molecular formula is C14H9NO3. The molecule has 18 heavy (non-hydrogen) atoms. The van der Waals surface area contributed by atoms with Crippen LogP contribution in [0.1, 0.15) is 11.1 Å². The zero-order valence-corrected chi connectivity index (χ0v) is 9.37. The van der Waals surface area contributed by atoms with Crippen LogP contribution in [0.4, 0.5) is 5.69 Å². The van der Waals surface area contributed by atoms with Crippen molar-refractivity contribution in [3.8, 4) is 0 Å². The number of carbonyl (C=O) groups excluding carboxylic acids is 1. The van der Waals surface area contributed by atoms with E-state index < -0.39 is 4.92 Å². The van der Waals surface area contributed by atoms with E-state index in [1.165, 1.54) is 12.1 Å². The third-order valence-electron chi connectivity index (χ3n) is 2.53. The third-order valence-corrected chi connectivity index (χ3v) is 2.53. The van der Waals surface area contributed by atoms with E-state index in [-0.39, 0.29) is 5.69 Å². The quantitative estimate of drug-likeness (QED) is 0.470. The first-order valence-electron chi connectivity index (χ1n) is 5.27. The van der Waals surface area contributed by atoms with Crippen molar-refractivity contribution < 1.29 is 9.72 Å². The summed E-state index contributed by atoms with van der Waals surface area (Å²) in [5.74, 6) is 1.88. The lowest BCUT2D eigenvalue weighted by molar-refractivity contribution is -0.384. The zero-order chi connectivity index (χ0) is 13.0. The van der Waals surface area contributed by atoms with Crippen molar-refractivity contribution in [2.75, 3.05) is 0 Å². The summed E-state index contributed by atoms with van der Waals surface area (Å²) in [6, 6.07) is 14.9. The van der Waals surface area contributed by atoms with Crippen molar-refractivity contribution in [3.63, 3.8) is 0 Å². The molecule has 2 aromatic rings. The van der Waals surface area contributed by atoms with Crippen molar-refractivity contribution in [1.29, 1.82) is 0 Å². The van der Waals surface area contributed by atoms with Crippen molar-refractivity contribution in [1.82, 2.24) is 0 Å². The van der Waals surface area contributed by atoms with Gasteiger partial charge in [-0.15, -0.1) is 0 Å². The lowest BCUT2D eigenvalue weighted by atomic mass is 9.99. The zero-order valence-electron chi connectivity index (χ0n) is 9.37. The minimum atomic E-state index is -0.476. The van der Waals surface area contributed by atoms with Crippen LogP contribution in [0.3, 0.4) is 0 Å². The standard InChI is InChI=1S/C14H9NO3/c16-10-14(11-4-2-1-3-5-11)12-6-8-13(9-7-12)15(17)18/h1-9H. The predicted molar refractivity (Wildman–Crippen MR) is 67.7 cm³/mol. The molecule has 0 unspecified atom stereocenters. The molecule has 88 valence electrons. The molecule has 0 N–H and O–H groups in total. The molecule has 0 radical (unpaired) electrons. The van der Waals surface area contributed by atoms with Crippen molar-refractivity contribution in [3.05, 3.63) is 75.8 Å². The number of hydrogen-bond acceptors (Lipinski definition) is 3. The van der Waals surface area contributed by atoms with Crippen molar-refractivity contribution >= 4 is 17.2 Å². The van der Waals surface area contributed by atoms with Crippen LogP contribution in [0.15, 0.2) is 54.6 Å². The topological polar surface area (TPSA) is 60.2 Å². The fourth-order valence-corrected chi connectivity index (χ4v) is 1.64. The van der Waals surface area contributed by atoms with E-state index in [4.69, 9.17) is 0 Å². The Balaban J connectivity index is 2.41. The summed E-state index contributed by atoms with van der Waals surface area (Å²) < 4.78 is 0. The maximum atomic E-state index is 11.0. The van der Waals surface area contributed by atoms with Crippen LogP contribution < -0.4 is 0 Å². The first kappa shape index (κ1) is 11.8. The largest absolute Gasteiger partial charge is 0.269 e. The molecule has 4 nitrogen and oxygen atoms in total. The SMILES string of the molecule is O=C=C(c1ccccc1)c1ccc([N+](=O)[O-])cc1. The van der Waals surface area contributed by atoms with E-state index >= 15 is 0 Å². The van der Waals surface area contributed by atoms with Gasteiger partial charge in [0.1, 0.15) is 5.94 Å². The summed E-state index contributed by atoms with van der Waals surface area (Å²) in [7, 11) is 0. The molecule has 0 aliphatic rings. The predicted octanol–water partition coefficient (Wildman–Crippen LogP) is 2.86. The molecule has 0 spiro atoms. The number of benzene rings is 2. The van der Waals surface area contributed by atoms with Crippen molar-refractivity contribution in [2.24, 2.45) is 0 Å². The molecule has 0 saturated carbocycles. The number of non-ortho nitro benzene ring substituents is 1. The van der Waals surface area contributed by atoms with Gasteiger partial charge in [-0.05, 0) is 23.3 Å². The minimum absolute atomic E-state index is 0.00272. The Morgan fingerprint density at radius 1 is 0.944 bits per heavy atom. The Morgan fingerprint density at radius 3 is 2.00 bits per heavy atom. The molecule has 0 aromatic heterocycles. The summed E-state index contributed by atoms with van der Waals surface area (Å²) in [5.41, 5.74) is 1.74. The highest BCUT2D eigenvalue weighted by atomic mass is 16.6. The van der Waals surface area contributed by atoms with Crippen molar-refractivity contribution in [2.45, 2.75) is 0 Å². The molecule has 0 aliphatic heterocycles. The highest BCUT2D eigenvalue weighted by Gasteiger charge is 2.09. The molecule has 0 aliphatic carbocycles. The van der Waals surface area contributed by atoms with Crippen LogP contribution in [0, 0.1) is 10.1 Å². The van der Waals surface area contributed by atoms with Crippen LogP contribution in [0.5, 0.6) is 0 Å². The Hall–Kier alpha value is -2.71. The van der Waals surface area contributed by atoms with E-state index in [0.717, 1.165) is 5.56 Å². The Labute approximate surface area is 103 Å². The minimum Gasteiger partial charge on any atom is -0.258 e.